The van der Waals surface area contributed by atoms with Gasteiger partial charge in [-0.15, -0.1) is 0 Å². The number of nitrogens with zero attached hydrogens (tertiary/aromatic N) is 1. The van der Waals surface area contributed by atoms with Gasteiger partial charge in [0.25, 0.3) is 0 Å². The van der Waals surface area contributed by atoms with Crippen LogP contribution in [0, 0.1) is 12.7 Å². The third-order valence-corrected chi connectivity index (χ3v) is 5.05. The Morgan fingerprint density at radius 2 is 2.00 bits per heavy atom. The van der Waals surface area contributed by atoms with Crippen LogP contribution < -0.4 is 10.2 Å². The highest BCUT2D eigenvalue weighted by Crippen LogP contribution is 2.36. The van der Waals surface area contributed by atoms with Crippen molar-refractivity contribution in [2.24, 2.45) is 0 Å². The third-order valence-electron chi connectivity index (χ3n) is 5.05. The fraction of sp³-hybridized carbons (Fsp3) is 0.350. The minimum absolute atomic E-state index is 0.245. The van der Waals surface area contributed by atoms with E-state index >= 15 is 0 Å². The van der Waals surface area contributed by atoms with Gasteiger partial charge in [0, 0.05) is 43.9 Å². The molecule has 25 heavy (non-hydrogen) atoms. The smallest absolute Gasteiger partial charge is 0.339 e. The lowest BCUT2D eigenvalue weighted by molar-refractivity contribution is 0.0386. The summed E-state index contributed by atoms with van der Waals surface area (Å²) >= 11 is 0. The summed E-state index contributed by atoms with van der Waals surface area (Å²) < 4.78 is 18.9. The molecule has 0 radical (unpaired) electrons. The van der Waals surface area contributed by atoms with Crippen LogP contribution in [0.3, 0.4) is 0 Å². The van der Waals surface area contributed by atoms with Crippen molar-refractivity contribution in [2.75, 3.05) is 31.1 Å². The fourth-order valence-corrected chi connectivity index (χ4v) is 3.62. The minimum Gasteiger partial charge on any atom is -0.454 e. The molecular formula is C20H21FN2O2. The number of carbonyl (C=O) groups is 1. The molecule has 0 spiro atoms. The second-order valence-corrected chi connectivity index (χ2v) is 6.68. The molecule has 0 amide bonds. The number of anilines is 1. The topological polar surface area (TPSA) is 41.6 Å². The van der Waals surface area contributed by atoms with Gasteiger partial charge >= 0.3 is 5.97 Å². The largest absolute Gasteiger partial charge is 0.454 e. The second-order valence-electron chi connectivity index (χ2n) is 6.68. The Bertz CT molecular complexity index is 815. The Morgan fingerprint density at radius 1 is 1.20 bits per heavy atom. The number of ether oxygens (including phenoxy) is 1. The molecule has 2 aromatic rings. The number of hydrogen-bond acceptors (Lipinski definition) is 4. The number of piperazine rings is 1. The molecule has 2 aromatic carbocycles. The number of hydrogen-bond donors (Lipinski definition) is 1. The van der Waals surface area contributed by atoms with Crippen LogP contribution in [0.4, 0.5) is 10.1 Å². The quantitative estimate of drug-likeness (QED) is 0.872. The lowest BCUT2D eigenvalue weighted by Gasteiger charge is -2.29. The zero-order valence-corrected chi connectivity index (χ0v) is 14.2. The van der Waals surface area contributed by atoms with Crippen molar-refractivity contribution in [1.82, 2.24) is 5.32 Å². The highest BCUT2D eigenvalue weighted by atomic mass is 19.1. The van der Waals surface area contributed by atoms with E-state index in [9.17, 15) is 9.18 Å². The molecule has 4 nitrogen and oxygen atoms in total. The van der Waals surface area contributed by atoms with Crippen LogP contribution in [-0.4, -0.2) is 32.1 Å². The van der Waals surface area contributed by atoms with Gasteiger partial charge in [-0.25, -0.2) is 9.18 Å². The number of benzene rings is 2. The predicted molar refractivity (Wildman–Crippen MR) is 94.5 cm³/mol. The number of aryl methyl sites for hydroxylation is 1. The number of esters is 1. The van der Waals surface area contributed by atoms with Crippen LogP contribution in [0.25, 0.3) is 0 Å². The van der Waals surface area contributed by atoms with E-state index in [1.807, 2.05) is 19.1 Å². The van der Waals surface area contributed by atoms with Gasteiger partial charge in [-0.2, -0.15) is 0 Å². The first kappa shape index (κ1) is 16.1. The number of carbonyl (C=O) groups excluding carboxylic acids is 1. The molecule has 1 unspecified atom stereocenters. The molecule has 0 aromatic heterocycles. The standard InChI is InChI=1S/C20H21FN2O2/c1-13-10-15(21)3-2-14(13)11-19-17-5-4-16(12-18(17)20(24)25-19)23-8-6-22-7-9-23/h2-5,10,12,19,22H,6-9,11H2,1H3. The summed E-state index contributed by atoms with van der Waals surface area (Å²) in [4.78, 5) is 14.6. The van der Waals surface area contributed by atoms with E-state index in [1.165, 1.54) is 12.1 Å². The van der Waals surface area contributed by atoms with Crippen molar-refractivity contribution in [3.8, 4) is 0 Å². The van der Waals surface area contributed by atoms with E-state index in [0.29, 0.717) is 12.0 Å². The average molecular weight is 340 g/mol. The lowest BCUT2D eigenvalue weighted by Crippen LogP contribution is -2.43. The Labute approximate surface area is 146 Å². The van der Waals surface area contributed by atoms with Crippen LogP contribution in [0.15, 0.2) is 36.4 Å². The summed E-state index contributed by atoms with van der Waals surface area (Å²) in [7, 11) is 0. The van der Waals surface area contributed by atoms with Crippen molar-refractivity contribution in [2.45, 2.75) is 19.4 Å². The summed E-state index contributed by atoms with van der Waals surface area (Å²) in [6.45, 7) is 5.66. The highest BCUT2D eigenvalue weighted by molar-refractivity contribution is 5.95. The van der Waals surface area contributed by atoms with Crippen LogP contribution in [0.1, 0.15) is 33.2 Å². The predicted octanol–water partition coefficient (Wildman–Crippen LogP) is 3.00. The zero-order chi connectivity index (χ0) is 17.4. The molecule has 5 heteroatoms. The monoisotopic (exact) mass is 340 g/mol. The molecule has 1 fully saturated rings. The maximum absolute atomic E-state index is 13.3. The van der Waals surface area contributed by atoms with Crippen molar-refractivity contribution in [3.63, 3.8) is 0 Å². The molecule has 130 valence electrons. The molecule has 0 bridgehead atoms. The Hall–Kier alpha value is -2.40. The van der Waals surface area contributed by atoms with Gasteiger partial charge in [0.05, 0.1) is 5.56 Å². The maximum atomic E-state index is 13.3. The Kier molecular flexibility index (Phi) is 4.17. The van der Waals surface area contributed by atoms with Crippen LogP contribution in [0.5, 0.6) is 0 Å². The van der Waals surface area contributed by atoms with E-state index in [-0.39, 0.29) is 17.9 Å². The second kappa shape index (κ2) is 6.48. The number of cyclic esters (lactones) is 1. The van der Waals surface area contributed by atoms with Crippen molar-refractivity contribution in [3.05, 3.63) is 64.5 Å². The molecule has 0 saturated carbocycles. The molecule has 4 rings (SSSR count). The zero-order valence-electron chi connectivity index (χ0n) is 14.2. The first-order chi connectivity index (χ1) is 12.1. The maximum Gasteiger partial charge on any atom is 0.339 e. The van der Waals surface area contributed by atoms with Gasteiger partial charge in [-0.3, -0.25) is 0 Å². The Morgan fingerprint density at radius 3 is 2.76 bits per heavy atom. The molecule has 1 N–H and O–H groups in total. The van der Waals surface area contributed by atoms with Gasteiger partial charge in [0.15, 0.2) is 0 Å². The summed E-state index contributed by atoms with van der Waals surface area (Å²) in [5.74, 6) is -0.512. The number of halogens is 1. The number of rotatable bonds is 3. The van der Waals surface area contributed by atoms with Crippen molar-refractivity contribution in [1.29, 1.82) is 0 Å². The van der Waals surface area contributed by atoms with E-state index in [4.69, 9.17) is 4.74 Å². The molecular weight excluding hydrogens is 319 g/mol. The highest BCUT2D eigenvalue weighted by Gasteiger charge is 2.32. The van der Waals surface area contributed by atoms with Crippen LogP contribution >= 0.6 is 0 Å². The first-order valence-electron chi connectivity index (χ1n) is 8.67. The first-order valence-corrected chi connectivity index (χ1v) is 8.67. The van der Waals surface area contributed by atoms with E-state index in [1.54, 1.807) is 6.07 Å². The van der Waals surface area contributed by atoms with Gasteiger partial charge in [0.2, 0.25) is 0 Å². The normalized spacial score (nSPS) is 19.7. The molecule has 2 aliphatic rings. The minimum atomic E-state index is -0.302. The summed E-state index contributed by atoms with van der Waals surface area (Å²) in [6.07, 6.45) is 0.265. The summed E-state index contributed by atoms with van der Waals surface area (Å²) in [6, 6.07) is 10.7. The van der Waals surface area contributed by atoms with E-state index in [2.05, 4.69) is 16.3 Å². The SMILES string of the molecule is Cc1cc(F)ccc1CC1OC(=O)c2cc(N3CCNCC3)ccc21. The Balaban J connectivity index is 1.59. The number of nitrogens with one attached hydrogen (secondary N) is 1. The molecule has 1 atom stereocenters. The van der Waals surface area contributed by atoms with Gasteiger partial charge in [-0.1, -0.05) is 12.1 Å². The van der Waals surface area contributed by atoms with E-state index < -0.39 is 0 Å². The van der Waals surface area contributed by atoms with Crippen LogP contribution in [0.2, 0.25) is 0 Å². The number of fused-ring (bicyclic) bond motifs is 1. The van der Waals surface area contributed by atoms with Gasteiger partial charge in [-0.05, 0) is 42.3 Å². The van der Waals surface area contributed by atoms with Crippen molar-refractivity contribution < 1.29 is 13.9 Å². The fourth-order valence-electron chi connectivity index (χ4n) is 3.62. The lowest BCUT2D eigenvalue weighted by atomic mass is 9.96. The van der Waals surface area contributed by atoms with Gasteiger partial charge < -0.3 is 15.0 Å². The average Bonchev–Trinajstić information content (AvgIpc) is 2.93. The molecule has 2 aliphatic heterocycles. The molecule has 2 heterocycles. The summed E-state index contributed by atoms with van der Waals surface area (Å²) in [5, 5.41) is 3.33. The third kappa shape index (κ3) is 3.12. The summed E-state index contributed by atoms with van der Waals surface area (Å²) in [5.41, 5.74) is 4.52. The van der Waals surface area contributed by atoms with E-state index in [0.717, 1.165) is 48.6 Å². The van der Waals surface area contributed by atoms with Crippen molar-refractivity contribution >= 4 is 11.7 Å². The molecule has 0 aliphatic carbocycles. The van der Waals surface area contributed by atoms with Crippen LogP contribution in [-0.2, 0) is 11.2 Å². The molecule has 1 saturated heterocycles. The van der Waals surface area contributed by atoms with Gasteiger partial charge in [0.1, 0.15) is 11.9 Å².